The van der Waals surface area contributed by atoms with Gasteiger partial charge in [-0.2, -0.15) is 0 Å². The van der Waals surface area contributed by atoms with Gasteiger partial charge in [0, 0.05) is 0 Å². The van der Waals surface area contributed by atoms with Crippen LogP contribution in [0.25, 0.3) is 0 Å². The van der Waals surface area contributed by atoms with Crippen molar-refractivity contribution in [2.24, 2.45) is 5.84 Å². The van der Waals surface area contributed by atoms with Crippen LogP contribution in [0.5, 0.6) is 0 Å². The topological polar surface area (TPSA) is 38.0 Å². The van der Waals surface area contributed by atoms with Crippen molar-refractivity contribution in [3.63, 3.8) is 0 Å². The molecule has 0 aromatic heterocycles. The maximum atomic E-state index is 7.36. The number of rotatable bonds is 1. The molecule has 48 valence electrons. The number of hydrogen-bond acceptors (Lipinski definition) is 2. The SMILES string of the molecule is [2H]c1c([2H])c([2H])c(NN)c(Cl)c1[2H]. The van der Waals surface area contributed by atoms with Gasteiger partial charge in [-0.1, -0.05) is 23.7 Å². The number of nitrogens with one attached hydrogen (secondary N) is 1. The first kappa shape index (κ1) is 2.90. The molecule has 0 unspecified atom stereocenters. The molecule has 0 heterocycles. The Labute approximate surface area is 64.2 Å². The van der Waals surface area contributed by atoms with E-state index < -0.39 is 0 Å². The van der Waals surface area contributed by atoms with Crippen LogP contribution in [0.2, 0.25) is 5.02 Å². The Morgan fingerprint density at radius 3 is 2.89 bits per heavy atom. The van der Waals surface area contributed by atoms with Gasteiger partial charge in [-0.15, -0.1) is 0 Å². The molecule has 1 aromatic carbocycles. The molecule has 0 saturated carbocycles. The fourth-order valence-corrected chi connectivity index (χ4v) is 0.546. The molecule has 0 atom stereocenters. The number of halogens is 1. The molecule has 0 bridgehead atoms. The van der Waals surface area contributed by atoms with E-state index in [1.807, 2.05) is 0 Å². The molecule has 0 radical (unpaired) electrons. The van der Waals surface area contributed by atoms with Crippen LogP contribution in [0.15, 0.2) is 24.2 Å². The lowest BCUT2D eigenvalue weighted by Gasteiger charge is -1.99. The number of para-hydroxylation sites is 1. The number of hydrazine groups is 1. The monoisotopic (exact) mass is 146 g/mol. The van der Waals surface area contributed by atoms with Crippen molar-refractivity contribution in [3.05, 3.63) is 29.2 Å². The van der Waals surface area contributed by atoms with Crippen LogP contribution in [0.1, 0.15) is 5.48 Å². The van der Waals surface area contributed by atoms with E-state index in [0.717, 1.165) is 0 Å². The minimum atomic E-state index is -0.367. The molecule has 0 spiro atoms. The van der Waals surface area contributed by atoms with E-state index in [0.29, 0.717) is 0 Å². The fraction of sp³-hybridized carbons (Fsp3) is 0. The summed E-state index contributed by atoms with van der Waals surface area (Å²) in [6, 6.07) is -1.29. The van der Waals surface area contributed by atoms with Gasteiger partial charge in [0.1, 0.15) is 0 Å². The molecule has 1 aromatic rings. The summed E-state index contributed by atoms with van der Waals surface area (Å²) in [6.07, 6.45) is 0. The van der Waals surface area contributed by atoms with Gasteiger partial charge in [0.25, 0.3) is 0 Å². The van der Waals surface area contributed by atoms with Gasteiger partial charge in [0.05, 0.1) is 16.2 Å². The minimum absolute atomic E-state index is 0.00710. The zero-order valence-corrected chi connectivity index (χ0v) is 5.21. The highest BCUT2D eigenvalue weighted by atomic mass is 35.5. The first-order valence-corrected chi connectivity index (χ1v) is 2.61. The average molecular weight is 147 g/mol. The van der Waals surface area contributed by atoms with Crippen molar-refractivity contribution in [1.82, 2.24) is 0 Å². The van der Waals surface area contributed by atoms with Crippen LogP contribution in [0.3, 0.4) is 0 Å². The van der Waals surface area contributed by atoms with Crippen molar-refractivity contribution < 1.29 is 5.48 Å². The Kier molecular flexibility index (Phi) is 0.874. The maximum absolute atomic E-state index is 7.36. The van der Waals surface area contributed by atoms with Gasteiger partial charge >= 0.3 is 0 Å². The molecule has 0 amide bonds. The van der Waals surface area contributed by atoms with Crippen molar-refractivity contribution >= 4 is 17.3 Å². The summed E-state index contributed by atoms with van der Waals surface area (Å²) in [6.45, 7) is 0. The van der Waals surface area contributed by atoms with E-state index in [9.17, 15) is 0 Å². The van der Waals surface area contributed by atoms with Gasteiger partial charge < -0.3 is 5.43 Å². The van der Waals surface area contributed by atoms with Crippen LogP contribution in [-0.4, -0.2) is 0 Å². The van der Waals surface area contributed by atoms with E-state index in [1.54, 1.807) is 0 Å². The van der Waals surface area contributed by atoms with Crippen LogP contribution in [-0.2, 0) is 0 Å². The van der Waals surface area contributed by atoms with Crippen LogP contribution < -0.4 is 11.3 Å². The van der Waals surface area contributed by atoms with Crippen LogP contribution >= 0.6 is 11.6 Å². The first-order valence-electron chi connectivity index (χ1n) is 4.23. The zero-order chi connectivity index (χ0) is 10.2. The molecule has 0 aliphatic heterocycles. The van der Waals surface area contributed by atoms with E-state index in [-0.39, 0.29) is 34.9 Å². The van der Waals surface area contributed by atoms with Gasteiger partial charge in [-0.25, -0.2) is 0 Å². The second-order valence-electron chi connectivity index (χ2n) is 1.33. The molecule has 0 fully saturated rings. The summed E-state index contributed by atoms with van der Waals surface area (Å²) < 4.78 is 29.2. The second kappa shape index (κ2) is 2.71. The normalized spacial score (nSPS) is 15.3. The lowest BCUT2D eigenvalue weighted by Crippen LogP contribution is -2.06. The predicted octanol–water partition coefficient (Wildman–Crippen LogP) is 1.63. The number of nitrogen functional groups attached to an aromatic ring is 1. The third kappa shape index (κ3) is 1.34. The van der Waals surface area contributed by atoms with Gasteiger partial charge in [0.2, 0.25) is 0 Å². The average Bonchev–Trinajstić information content (AvgIpc) is 2.13. The summed E-state index contributed by atoms with van der Waals surface area (Å²) in [5.74, 6) is 5.06. The second-order valence-corrected chi connectivity index (χ2v) is 1.71. The highest BCUT2D eigenvalue weighted by Crippen LogP contribution is 2.18. The lowest BCUT2D eigenvalue weighted by atomic mass is 10.3. The number of nitrogens with two attached hydrogens (primary N) is 1. The standard InChI is InChI=1S/C6H7ClN2/c7-5-3-1-2-4-6(5)9-8/h1-4,9H,8H2/i1D,2D,3D,4D. The third-order valence-electron chi connectivity index (χ3n) is 0.786. The van der Waals surface area contributed by atoms with E-state index in [1.165, 1.54) is 0 Å². The molecule has 9 heavy (non-hydrogen) atoms. The molecular formula is C6H7ClN2. The van der Waals surface area contributed by atoms with E-state index in [4.69, 9.17) is 22.9 Å². The molecule has 0 aliphatic rings. The number of anilines is 1. The Hall–Kier alpha value is -0.730. The van der Waals surface area contributed by atoms with Crippen molar-refractivity contribution in [3.8, 4) is 0 Å². The Bertz CT molecular complexity index is 326. The van der Waals surface area contributed by atoms with Crippen LogP contribution in [0.4, 0.5) is 5.69 Å². The van der Waals surface area contributed by atoms with Crippen molar-refractivity contribution in [1.29, 1.82) is 0 Å². The summed E-state index contributed by atoms with van der Waals surface area (Å²) in [4.78, 5) is 0. The summed E-state index contributed by atoms with van der Waals surface area (Å²) in [7, 11) is 0. The molecule has 0 saturated heterocycles. The fourth-order valence-electron chi connectivity index (χ4n) is 0.397. The predicted molar refractivity (Wildman–Crippen MR) is 39.3 cm³/mol. The van der Waals surface area contributed by atoms with Gasteiger partial charge in [0.15, 0.2) is 0 Å². The summed E-state index contributed by atoms with van der Waals surface area (Å²) in [5, 5.41) is -0.103. The Balaban J connectivity index is 3.56. The minimum Gasteiger partial charge on any atom is -0.323 e. The smallest absolute Gasteiger partial charge is 0.0671 e. The summed E-state index contributed by atoms with van der Waals surface area (Å²) in [5.41, 5.74) is 2.14. The zero-order valence-electron chi connectivity index (χ0n) is 8.46. The Morgan fingerprint density at radius 2 is 2.22 bits per heavy atom. The van der Waals surface area contributed by atoms with E-state index >= 15 is 0 Å². The first-order chi connectivity index (χ1) is 6.00. The molecular weight excluding hydrogens is 136 g/mol. The third-order valence-corrected chi connectivity index (χ3v) is 1.07. The van der Waals surface area contributed by atoms with Gasteiger partial charge in [-0.3, -0.25) is 5.84 Å². The molecule has 0 aliphatic carbocycles. The highest BCUT2D eigenvalue weighted by Gasteiger charge is 1.91. The largest absolute Gasteiger partial charge is 0.323 e. The number of benzene rings is 1. The highest BCUT2D eigenvalue weighted by molar-refractivity contribution is 6.33. The molecule has 2 nitrogen and oxygen atoms in total. The van der Waals surface area contributed by atoms with Crippen molar-refractivity contribution in [2.45, 2.75) is 0 Å². The lowest BCUT2D eigenvalue weighted by molar-refractivity contribution is 1.35. The van der Waals surface area contributed by atoms with E-state index in [2.05, 4.69) is 5.43 Å². The van der Waals surface area contributed by atoms with Gasteiger partial charge in [-0.05, 0) is 12.1 Å². The van der Waals surface area contributed by atoms with Crippen LogP contribution in [0, 0.1) is 0 Å². The number of hydrogen-bond donors (Lipinski definition) is 2. The Morgan fingerprint density at radius 1 is 1.56 bits per heavy atom. The molecule has 3 N–H and O–H groups in total. The quantitative estimate of drug-likeness (QED) is 0.467. The van der Waals surface area contributed by atoms with Crippen molar-refractivity contribution in [2.75, 3.05) is 5.43 Å². The molecule has 3 heteroatoms. The summed E-state index contributed by atoms with van der Waals surface area (Å²) >= 11 is 5.62. The molecule has 1 rings (SSSR count). The maximum Gasteiger partial charge on any atom is 0.0671 e.